The Balaban J connectivity index is 1.05. The molecule has 1 saturated heterocycles. The largest absolute Gasteiger partial charge is 0.354 e. The zero-order valence-electron chi connectivity index (χ0n) is 36.5. The molecule has 0 radical (unpaired) electrons. The summed E-state index contributed by atoms with van der Waals surface area (Å²) in [6, 6.07) is 25.3. The van der Waals surface area contributed by atoms with Crippen LogP contribution in [0.15, 0.2) is 84.9 Å². The van der Waals surface area contributed by atoms with E-state index in [1.165, 1.54) is 0 Å². The third-order valence-electron chi connectivity index (χ3n) is 12.6. The highest BCUT2D eigenvalue weighted by molar-refractivity contribution is 5.99. The van der Waals surface area contributed by atoms with Crippen molar-refractivity contribution in [1.82, 2.24) is 31.5 Å². The first-order valence-corrected chi connectivity index (χ1v) is 23.1. The van der Waals surface area contributed by atoms with Gasteiger partial charge in [0.1, 0.15) is 6.04 Å². The molecule has 3 aromatic carbocycles. The number of unbranched alkanes of at least 4 members (excludes halogenated alkanes) is 8. The molecule has 6 rings (SSSR count). The molecular formula is C50H66N6O6. The van der Waals surface area contributed by atoms with Crippen molar-refractivity contribution < 1.29 is 28.8 Å². The minimum atomic E-state index is -0.933. The van der Waals surface area contributed by atoms with Gasteiger partial charge in [-0.25, -0.2) is 0 Å². The Morgan fingerprint density at radius 3 is 1.63 bits per heavy atom. The maximum Gasteiger partial charge on any atom is 0.253 e. The molecule has 3 aromatic rings. The summed E-state index contributed by atoms with van der Waals surface area (Å²) in [5.74, 6) is -2.81. The maximum absolute atomic E-state index is 14.0. The van der Waals surface area contributed by atoms with Gasteiger partial charge in [0.05, 0.1) is 11.8 Å². The molecule has 7 atom stereocenters. The molecule has 0 unspecified atom stereocenters. The molecule has 0 bridgehead atoms. The summed E-state index contributed by atoms with van der Waals surface area (Å²) in [5.41, 5.74) is 2.93. The molecular weight excluding hydrogens is 781 g/mol. The van der Waals surface area contributed by atoms with Gasteiger partial charge in [0.25, 0.3) is 11.8 Å². The highest BCUT2D eigenvalue weighted by Crippen LogP contribution is 2.42. The van der Waals surface area contributed by atoms with Crippen LogP contribution in [0.1, 0.15) is 141 Å². The van der Waals surface area contributed by atoms with Crippen LogP contribution in [-0.4, -0.2) is 84.6 Å². The van der Waals surface area contributed by atoms with Gasteiger partial charge in [-0.15, -0.1) is 0 Å². The highest BCUT2D eigenvalue weighted by Gasteiger charge is 2.49. The molecule has 62 heavy (non-hydrogen) atoms. The predicted octanol–water partition coefficient (Wildman–Crippen LogP) is 6.38. The number of nitrogens with one attached hydrogen (secondary N) is 5. The van der Waals surface area contributed by atoms with E-state index < -0.39 is 23.8 Å². The van der Waals surface area contributed by atoms with E-state index in [1.54, 1.807) is 29.2 Å². The van der Waals surface area contributed by atoms with E-state index >= 15 is 0 Å². The number of benzene rings is 3. The summed E-state index contributed by atoms with van der Waals surface area (Å²) >= 11 is 0. The van der Waals surface area contributed by atoms with Crippen molar-refractivity contribution in [3.8, 4) is 0 Å². The van der Waals surface area contributed by atoms with E-state index in [9.17, 15) is 28.8 Å². The van der Waals surface area contributed by atoms with Gasteiger partial charge >= 0.3 is 0 Å². The van der Waals surface area contributed by atoms with Gasteiger partial charge in [-0.3, -0.25) is 28.8 Å². The van der Waals surface area contributed by atoms with Crippen LogP contribution < -0.4 is 26.6 Å². The number of rotatable bonds is 24. The standard InChI is InChI=1S/C50H66N6O6/c1-3-5-7-9-17-23-45(57)53-44(49(61)51-28-18-10-8-6-4-2)31-52-46(58)36-24-26-37(27-25-36)50(62)56-32-40(47(59)54-42-29-38(42)34-19-13-11-14-20-34)41(33-56)48(60)55-43-30-39(43)35-21-15-12-16-22-35/h11-16,19-22,24-27,38-44H,3-10,17-18,23,28-33H2,1-2H3,(H,51,61)(H,52,58)(H,53,57)(H,54,59)(H,55,60)/t38-,39-,40-,41-,42+,43+,44+/m1/s1. The molecule has 3 aliphatic rings. The molecule has 0 spiro atoms. The lowest BCUT2D eigenvalue weighted by molar-refractivity contribution is -0.133. The molecule has 12 heteroatoms. The van der Waals surface area contributed by atoms with Crippen molar-refractivity contribution in [2.24, 2.45) is 11.8 Å². The predicted molar refractivity (Wildman–Crippen MR) is 240 cm³/mol. The third kappa shape index (κ3) is 13.2. The van der Waals surface area contributed by atoms with Gasteiger partial charge < -0.3 is 31.5 Å². The van der Waals surface area contributed by atoms with Crippen LogP contribution >= 0.6 is 0 Å². The van der Waals surface area contributed by atoms with Crippen molar-refractivity contribution in [2.45, 2.75) is 127 Å². The van der Waals surface area contributed by atoms with E-state index in [0.717, 1.165) is 88.2 Å². The number of hydrogen-bond acceptors (Lipinski definition) is 6. The second kappa shape index (κ2) is 23.1. The Morgan fingerprint density at radius 2 is 1.10 bits per heavy atom. The average Bonchev–Trinajstić information content (AvgIpc) is 4.20. The maximum atomic E-state index is 14.0. The summed E-state index contributed by atoms with van der Waals surface area (Å²) in [6.07, 6.45) is 12.2. The first kappa shape index (κ1) is 46.0. The Hall–Kier alpha value is -5.52. The van der Waals surface area contributed by atoms with Gasteiger partial charge in [-0.1, -0.05) is 126 Å². The second-order valence-electron chi connectivity index (χ2n) is 17.4. The second-order valence-corrected chi connectivity index (χ2v) is 17.4. The summed E-state index contributed by atoms with van der Waals surface area (Å²) in [5, 5.41) is 14.9. The number of amides is 6. The molecule has 1 aliphatic heterocycles. The molecule has 6 amide bonds. The lowest BCUT2D eigenvalue weighted by Crippen LogP contribution is -2.52. The lowest BCUT2D eigenvalue weighted by atomic mass is 9.94. The molecule has 2 saturated carbocycles. The summed E-state index contributed by atoms with van der Waals surface area (Å²) in [4.78, 5) is 82.6. The fourth-order valence-electron chi connectivity index (χ4n) is 8.60. The Morgan fingerprint density at radius 1 is 0.597 bits per heavy atom. The average molecular weight is 847 g/mol. The first-order valence-electron chi connectivity index (χ1n) is 23.1. The van der Waals surface area contributed by atoms with Crippen LogP contribution in [0.25, 0.3) is 0 Å². The van der Waals surface area contributed by atoms with E-state index in [2.05, 4.69) is 64.7 Å². The highest BCUT2D eigenvalue weighted by atomic mass is 16.2. The summed E-state index contributed by atoms with van der Waals surface area (Å²) in [7, 11) is 0. The van der Waals surface area contributed by atoms with Crippen LogP contribution in [-0.2, 0) is 19.2 Å². The van der Waals surface area contributed by atoms with Crippen LogP contribution in [0.3, 0.4) is 0 Å². The topological polar surface area (TPSA) is 166 Å². The van der Waals surface area contributed by atoms with Crippen LogP contribution in [0.4, 0.5) is 0 Å². The monoisotopic (exact) mass is 847 g/mol. The van der Waals surface area contributed by atoms with E-state index in [1.807, 2.05) is 36.4 Å². The van der Waals surface area contributed by atoms with E-state index in [0.29, 0.717) is 18.5 Å². The van der Waals surface area contributed by atoms with Crippen molar-refractivity contribution in [2.75, 3.05) is 26.2 Å². The van der Waals surface area contributed by atoms with E-state index in [-0.39, 0.29) is 78.7 Å². The minimum absolute atomic E-state index is 0.0236. The van der Waals surface area contributed by atoms with Gasteiger partial charge in [0.15, 0.2) is 0 Å². The number of hydrogen-bond donors (Lipinski definition) is 5. The van der Waals surface area contributed by atoms with Gasteiger partial charge in [0, 0.05) is 67.6 Å². The van der Waals surface area contributed by atoms with Crippen LogP contribution in [0, 0.1) is 11.8 Å². The molecule has 12 nitrogen and oxygen atoms in total. The lowest BCUT2D eigenvalue weighted by Gasteiger charge is -2.19. The summed E-state index contributed by atoms with van der Waals surface area (Å²) < 4.78 is 0. The third-order valence-corrected chi connectivity index (χ3v) is 12.6. The van der Waals surface area contributed by atoms with Crippen LogP contribution in [0.2, 0.25) is 0 Å². The zero-order chi connectivity index (χ0) is 43.8. The Kier molecular flexibility index (Phi) is 17.1. The fourth-order valence-corrected chi connectivity index (χ4v) is 8.60. The first-order chi connectivity index (χ1) is 30.2. The van der Waals surface area contributed by atoms with Crippen molar-refractivity contribution in [1.29, 1.82) is 0 Å². The SMILES string of the molecule is CCCCCCCNC(=O)[C@H](CNC(=O)c1ccc(C(=O)N2C[C@@H](C(=O)N[C@H]3C[C@@H]3c3ccccc3)[C@H](C(=O)N[C@H]3C[C@@H]3c3ccccc3)C2)cc1)NC(=O)CCCCCCC. The molecule has 5 N–H and O–H groups in total. The molecule has 3 fully saturated rings. The van der Waals surface area contributed by atoms with Gasteiger partial charge in [-0.2, -0.15) is 0 Å². The molecule has 2 aliphatic carbocycles. The van der Waals surface area contributed by atoms with Gasteiger partial charge in [0.2, 0.25) is 23.6 Å². The number of likely N-dealkylation sites (tertiary alicyclic amines) is 1. The Labute approximate surface area is 367 Å². The van der Waals surface area contributed by atoms with Crippen molar-refractivity contribution >= 4 is 35.4 Å². The normalized spacial score (nSPS) is 21.6. The molecule has 1 heterocycles. The quantitative estimate of drug-likeness (QED) is 0.0657. The summed E-state index contributed by atoms with van der Waals surface area (Å²) in [6.45, 7) is 4.87. The smallest absolute Gasteiger partial charge is 0.253 e. The number of nitrogens with zero attached hydrogens (tertiary/aromatic N) is 1. The van der Waals surface area contributed by atoms with Crippen LogP contribution in [0.5, 0.6) is 0 Å². The zero-order valence-corrected chi connectivity index (χ0v) is 36.5. The minimum Gasteiger partial charge on any atom is -0.354 e. The van der Waals surface area contributed by atoms with Crippen molar-refractivity contribution in [3.05, 3.63) is 107 Å². The van der Waals surface area contributed by atoms with E-state index in [4.69, 9.17) is 0 Å². The van der Waals surface area contributed by atoms with Gasteiger partial charge in [-0.05, 0) is 61.1 Å². The van der Waals surface area contributed by atoms with Crippen molar-refractivity contribution in [3.63, 3.8) is 0 Å². The number of carbonyl (C=O) groups is 6. The fraction of sp³-hybridized carbons (Fsp3) is 0.520. The number of carbonyl (C=O) groups excluding carboxylic acids is 6. The Bertz CT molecular complexity index is 1880. The molecule has 332 valence electrons. The molecule has 0 aromatic heterocycles.